The van der Waals surface area contributed by atoms with E-state index in [4.69, 9.17) is 4.74 Å². The Morgan fingerprint density at radius 2 is 1.66 bits per heavy atom. The van der Waals surface area contributed by atoms with E-state index in [0.29, 0.717) is 30.1 Å². The van der Waals surface area contributed by atoms with Gasteiger partial charge in [-0.2, -0.15) is 0 Å². The second-order valence-corrected chi connectivity index (χ2v) is 7.38. The number of ether oxygens (including phenoxy) is 1. The van der Waals surface area contributed by atoms with Gasteiger partial charge < -0.3 is 20.7 Å². The summed E-state index contributed by atoms with van der Waals surface area (Å²) in [6.45, 7) is 3.36. The molecule has 0 unspecified atom stereocenters. The fraction of sp³-hybridized carbons (Fsp3) is 0.231. The van der Waals surface area contributed by atoms with Crippen LogP contribution in [-0.4, -0.2) is 25.0 Å². The summed E-state index contributed by atoms with van der Waals surface area (Å²) in [4.78, 5) is 24.7. The molecule has 2 amide bonds. The Labute approximate surface area is 189 Å². The van der Waals surface area contributed by atoms with E-state index in [1.54, 1.807) is 18.2 Å². The molecule has 0 aliphatic rings. The molecule has 3 rings (SSSR count). The van der Waals surface area contributed by atoms with Crippen LogP contribution in [-0.2, 0) is 11.3 Å². The molecule has 0 fully saturated rings. The maximum atomic E-state index is 12.4. The van der Waals surface area contributed by atoms with Gasteiger partial charge in [0.2, 0.25) is 5.91 Å². The quantitative estimate of drug-likeness (QED) is 0.379. The van der Waals surface area contributed by atoms with E-state index < -0.39 is 0 Å². The number of benzene rings is 3. The summed E-state index contributed by atoms with van der Waals surface area (Å²) < 4.78 is 5.63. The average molecular weight is 432 g/mol. The van der Waals surface area contributed by atoms with Crippen molar-refractivity contribution >= 4 is 23.2 Å². The van der Waals surface area contributed by atoms with Gasteiger partial charge in [0, 0.05) is 23.5 Å². The SMILES string of the molecule is CCCCOc1ccc(NC(=O)CNc2cccc(C(=O)NCc3ccccc3)c2)cc1. The lowest BCUT2D eigenvalue weighted by molar-refractivity contribution is -0.114. The van der Waals surface area contributed by atoms with Crippen molar-refractivity contribution in [1.29, 1.82) is 0 Å². The third-order valence-corrected chi connectivity index (χ3v) is 4.78. The predicted octanol–water partition coefficient (Wildman–Crippen LogP) is 4.85. The minimum absolute atomic E-state index is 0.0871. The molecule has 0 aliphatic heterocycles. The van der Waals surface area contributed by atoms with Crippen molar-refractivity contribution in [1.82, 2.24) is 5.32 Å². The topological polar surface area (TPSA) is 79.5 Å². The Morgan fingerprint density at radius 1 is 0.875 bits per heavy atom. The van der Waals surface area contributed by atoms with Gasteiger partial charge in [0.05, 0.1) is 13.2 Å². The zero-order chi connectivity index (χ0) is 22.6. The van der Waals surface area contributed by atoms with Gasteiger partial charge in [0.15, 0.2) is 0 Å². The molecule has 6 heteroatoms. The average Bonchev–Trinajstić information content (AvgIpc) is 2.83. The molecule has 0 radical (unpaired) electrons. The fourth-order valence-corrected chi connectivity index (χ4v) is 3.01. The van der Waals surface area contributed by atoms with Gasteiger partial charge in [-0.3, -0.25) is 9.59 Å². The number of amides is 2. The van der Waals surface area contributed by atoms with Crippen LogP contribution in [0.2, 0.25) is 0 Å². The molecule has 0 heterocycles. The summed E-state index contributed by atoms with van der Waals surface area (Å²) in [5.74, 6) is 0.448. The monoisotopic (exact) mass is 431 g/mol. The molecule has 6 nitrogen and oxygen atoms in total. The number of unbranched alkanes of at least 4 members (excludes halogenated alkanes) is 1. The van der Waals surface area contributed by atoms with Crippen LogP contribution in [0.25, 0.3) is 0 Å². The van der Waals surface area contributed by atoms with Crippen LogP contribution in [0, 0.1) is 0 Å². The zero-order valence-electron chi connectivity index (χ0n) is 18.3. The van der Waals surface area contributed by atoms with Gasteiger partial charge >= 0.3 is 0 Å². The van der Waals surface area contributed by atoms with Gasteiger partial charge in [-0.05, 0) is 54.4 Å². The van der Waals surface area contributed by atoms with Crippen molar-refractivity contribution in [2.24, 2.45) is 0 Å². The van der Waals surface area contributed by atoms with Gasteiger partial charge in [-0.1, -0.05) is 49.7 Å². The fourth-order valence-electron chi connectivity index (χ4n) is 3.01. The second kappa shape index (κ2) is 12.2. The largest absolute Gasteiger partial charge is 0.494 e. The predicted molar refractivity (Wildman–Crippen MR) is 128 cm³/mol. The van der Waals surface area contributed by atoms with Crippen molar-refractivity contribution in [2.45, 2.75) is 26.3 Å². The summed E-state index contributed by atoms with van der Waals surface area (Å²) in [6.07, 6.45) is 2.10. The zero-order valence-corrected chi connectivity index (χ0v) is 18.3. The van der Waals surface area contributed by atoms with Gasteiger partial charge in [-0.25, -0.2) is 0 Å². The third kappa shape index (κ3) is 7.47. The lowest BCUT2D eigenvalue weighted by Gasteiger charge is -2.10. The number of anilines is 2. The number of hydrogen-bond donors (Lipinski definition) is 3. The molecular formula is C26H29N3O3. The van der Waals surface area contributed by atoms with E-state index in [1.165, 1.54) is 0 Å². The first-order valence-electron chi connectivity index (χ1n) is 10.8. The molecule has 0 aromatic heterocycles. The summed E-state index contributed by atoms with van der Waals surface area (Å²) in [5, 5.41) is 8.81. The number of nitrogens with one attached hydrogen (secondary N) is 3. The van der Waals surface area contributed by atoms with E-state index >= 15 is 0 Å². The highest BCUT2D eigenvalue weighted by Crippen LogP contribution is 2.16. The van der Waals surface area contributed by atoms with Crippen LogP contribution >= 0.6 is 0 Å². The molecular weight excluding hydrogens is 402 g/mol. The van der Waals surface area contributed by atoms with Crippen LogP contribution in [0.15, 0.2) is 78.9 Å². The first-order valence-corrected chi connectivity index (χ1v) is 10.8. The van der Waals surface area contributed by atoms with Crippen molar-refractivity contribution in [3.8, 4) is 5.75 Å². The molecule has 0 spiro atoms. The molecule has 0 bridgehead atoms. The molecule has 166 valence electrons. The molecule has 3 aromatic carbocycles. The molecule has 3 N–H and O–H groups in total. The highest BCUT2D eigenvalue weighted by atomic mass is 16.5. The lowest BCUT2D eigenvalue weighted by Crippen LogP contribution is -2.23. The highest BCUT2D eigenvalue weighted by molar-refractivity contribution is 5.96. The lowest BCUT2D eigenvalue weighted by atomic mass is 10.1. The van der Waals surface area contributed by atoms with Crippen LogP contribution in [0.5, 0.6) is 5.75 Å². The van der Waals surface area contributed by atoms with E-state index in [2.05, 4.69) is 22.9 Å². The van der Waals surface area contributed by atoms with E-state index in [9.17, 15) is 9.59 Å². The maximum Gasteiger partial charge on any atom is 0.251 e. The Balaban J connectivity index is 1.46. The molecule has 0 aliphatic carbocycles. The third-order valence-electron chi connectivity index (χ3n) is 4.78. The number of carbonyl (C=O) groups is 2. The normalized spacial score (nSPS) is 10.3. The number of carbonyl (C=O) groups excluding carboxylic acids is 2. The van der Waals surface area contributed by atoms with Gasteiger partial charge in [0.25, 0.3) is 5.91 Å². The second-order valence-electron chi connectivity index (χ2n) is 7.38. The van der Waals surface area contributed by atoms with Crippen LogP contribution in [0.4, 0.5) is 11.4 Å². The van der Waals surface area contributed by atoms with Crippen molar-refractivity contribution < 1.29 is 14.3 Å². The maximum absolute atomic E-state index is 12.4. The summed E-state index contributed by atoms with van der Waals surface area (Å²) in [5.41, 5.74) is 2.97. The van der Waals surface area contributed by atoms with Crippen molar-refractivity contribution in [3.05, 3.63) is 90.0 Å². The molecule has 0 saturated carbocycles. The minimum Gasteiger partial charge on any atom is -0.494 e. The van der Waals surface area contributed by atoms with Crippen molar-refractivity contribution in [3.63, 3.8) is 0 Å². The first kappa shape index (κ1) is 22.9. The molecule has 0 saturated heterocycles. The highest BCUT2D eigenvalue weighted by Gasteiger charge is 2.08. The van der Waals surface area contributed by atoms with E-state index in [1.807, 2.05) is 60.7 Å². The Hall–Kier alpha value is -3.80. The molecule has 3 aromatic rings. The van der Waals surface area contributed by atoms with Crippen LogP contribution < -0.4 is 20.7 Å². The van der Waals surface area contributed by atoms with Crippen molar-refractivity contribution in [2.75, 3.05) is 23.8 Å². The first-order chi connectivity index (χ1) is 15.6. The Kier molecular flexibility index (Phi) is 8.69. The minimum atomic E-state index is -0.177. The van der Waals surface area contributed by atoms with Gasteiger partial charge in [-0.15, -0.1) is 0 Å². The Morgan fingerprint density at radius 3 is 2.41 bits per heavy atom. The van der Waals surface area contributed by atoms with Gasteiger partial charge in [0.1, 0.15) is 5.75 Å². The summed E-state index contributed by atoms with van der Waals surface area (Å²) in [7, 11) is 0. The van der Waals surface area contributed by atoms with Crippen LogP contribution in [0.3, 0.4) is 0 Å². The molecule has 0 atom stereocenters. The van der Waals surface area contributed by atoms with E-state index in [-0.39, 0.29) is 18.4 Å². The summed E-state index contributed by atoms with van der Waals surface area (Å²) in [6, 6.07) is 24.1. The molecule has 32 heavy (non-hydrogen) atoms. The smallest absolute Gasteiger partial charge is 0.251 e. The Bertz CT molecular complexity index is 1000. The standard InChI is InChI=1S/C26H29N3O3/c1-2-3-16-32-24-14-12-22(13-15-24)29-25(30)19-27-23-11-7-10-21(17-23)26(31)28-18-20-8-5-4-6-9-20/h4-15,17,27H,2-3,16,18-19H2,1H3,(H,28,31)(H,29,30). The number of hydrogen-bond acceptors (Lipinski definition) is 4. The number of rotatable bonds is 11. The van der Waals surface area contributed by atoms with E-state index in [0.717, 1.165) is 24.2 Å². The summed E-state index contributed by atoms with van der Waals surface area (Å²) >= 11 is 0. The van der Waals surface area contributed by atoms with Crippen LogP contribution in [0.1, 0.15) is 35.7 Å².